The lowest BCUT2D eigenvalue weighted by atomic mass is 9.93. The van der Waals surface area contributed by atoms with Gasteiger partial charge in [0.05, 0.1) is 24.9 Å². The molecule has 1 fully saturated rings. The summed E-state index contributed by atoms with van der Waals surface area (Å²) >= 11 is 0. The van der Waals surface area contributed by atoms with Crippen LogP contribution in [0.4, 0.5) is 10.3 Å². The maximum atomic E-state index is 14.0. The van der Waals surface area contributed by atoms with Crippen molar-refractivity contribution in [2.24, 2.45) is 0 Å². The third-order valence-corrected chi connectivity index (χ3v) is 5.45. The second kappa shape index (κ2) is 7.70. The molecular weight excluding hydrogens is 383 g/mol. The van der Waals surface area contributed by atoms with Crippen molar-refractivity contribution < 1.29 is 9.13 Å². The summed E-state index contributed by atoms with van der Waals surface area (Å²) in [6.07, 6.45) is 5.36. The zero-order valence-electron chi connectivity index (χ0n) is 16.5. The molecule has 2 aromatic carbocycles. The van der Waals surface area contributed by atoms with Crippen LogP contribution in [0.25, 0.3) is 22.3 Å². The number of rotatable bonds is 6. The summed E-state index contributed by atoms with van der Waals surface area (Å²) in [6.45, 7) is 0.416. The number of anilines is 1. The van der Waals surface area contributed by atoms with E-state index in [9.17, 15) is 4.39 Å². The van der Waals surface area contributed by atoms with Gasteiger partial charge in [-0.1, -0.05) is 17.3 Å². The normalized spacial score (nSPS) is 13.9. The Morgan fingerprint density at radius 1 is 1.17 bits per heavy atom. The van der Waals surface area contributed by atoms with E-state index in [4.69, 9.17) is 4.74 Å². The summed E-state index contributed by atoms with van der Waals surface area (Å²) in [5.74, 6) is 0.488. The lowest BCUT2D eigenvalue weighted by Gasteiger charge is -2.26. The van der Waals surface area contributed by atoms with Gasteiger partial charge in [0.25, 0.3) is 0 Å². The zero-order valence-corrected chi connectivity index (χ0v) is 16.5. The third-order valence-electron chi connectivity index (χ3n) is 5.45. The molecule has 1 N–H and O–H groups in total. The lowest BCUT2D eigenvalue weighted by Crippen LogP contribution is -2.27. The van der Waals surface area contributed by atoms with E-state index in [2.05, 4.69) is 25.6 Å². The summed E-state index contributed by atoms with van der Waals surface area (Å²) in [7, 11) is 1.45. The minimum absolute atomic E-state index is 0.225. The van der Waals surface area contributed by atoms with Crippen LogP contribution in [0.1, 0.15) is 24.8 Å². The van der Waals surface area contributed by atoms with Crippen LogP contribution in [-0.4, -0.2) is 38.1 Å². The van der Waals surface area contributed by atoms with E-state index in [1.807, 2.05) is 30.3 Å². The fourth-order valence-corrected chi connectivity index (χ4v) is 3.55. The average Bonchev–Trinajstić information content (AvgIpc) is 3.13. The second-order valence-corrected chi connectivity index (χ2v) is 7.46. The number of hydrogen-bond donors (Lipinski definition) is 1. The van der Waals surface area contributed by atoms with Crippen LogP contribution in [0.5, 0.6) is 5.75 Å². The summed E-state index contributed by atoms with van der Waals surface area (Å²) in [4.78, 5) is 8.97. The van der Waals surface area contributed by atoms with E-state index in [0.717, 1.165) is 27.9 Å². The second-order valence-electron chi connectivity index (χ2n) is 7.46. The number of nitrogens with zero attached hydrogens (tertiary/aromatic N) is 5. The molecule has 0 spiro atoms. The van der Waals surface area contributed by atoms with Gasteiger partial charge in [0.2, 0.25) is 5.95 Å². The topological polar surface area (TPSA) is 77.8 Å². The van der Waals surface area contributed by atoms with Crippen LogP contribution in [-0.2, 0) is 6.54 Å². The van der Waals surface area contributed by atoms with E-state index < -0.39 is 5.82 Å². The molecule has 8 heteroatoms. The van der Waals surface area contributed by atoms with Crippen molar-refractivity contribution in [3.8, 4) is 17.0 Å². The quantitative estimate of drug-likeness (QED) is 0.522. The summed E-state index contributed by atoms with van der Waals surface area (Å²) < 4.78 is 20.7. The largest absolute Gasteiger partial charge is 0.494 e. The predicted octanol–water partition coefficient (Wildman–Crippen LogP) is 4.05. The molecule has 30 heavy (non-hydrogen) atoms. The highest BCUT2D eigenvalue weighted by molar-refractivity contribution is 5.80. The van der Waals surface area contributed by atoms with E-state index in [0.29, 0.717) is 18.5 Å². The Morgan fingerprint density at radius 2 is 2.07 bits per heavy atom. The first-order valence-electron chi connectivity index (χ1n) is 9.95. The Labute approximate surface area is 172 Å². The molecule has 0 bridgehead atoms. The molecule has 0 amide bonds. The highest BCUT2D eigenvalue weighted by Crippen LogP contribution is 2.25. The number of aromatic nitrogens is 5. The highest BCUT2D eigenvalue weighted by Gasteiger charge is 2.18. The molecule has 0 radical (unpaired) electrons. The van der Waals surface area contributed by atoms with Crippen molar-refractivity contribution in [1.82, 2.24) is 25.0 Å². The standard InChI is InChI=1S/C22H21FN6O/c1-30-21-8-5-14(11-17(21)23)13-29-20-7-6-15(12-19(20)27-28-29)18-9-10-24-22(26-18)25-16-3-2-4-16/h5-12,16H,2-4,13H2,1H3,(H,24,25,26). The van der Waals surface area contributed by atoms with Gasteiger partial charge in [0.15, 0.2) is 11.6 Å². The maximum absolute atomic E-state index is 14.0. The molecule has 5 rings (SSSR count). The zero-order chi connectivity index (χ0) is 20.5. The van der Waals surface area contributed by atoms with Crippen LogP contribution in [0, 0.1) is 5.82 Å². The molecule has 0 saturated heterocycles. The number of nitrogens with one attached hydrogen (secondary N) is 1. The van der Waals surface area contributed by atoms with Crippen molar-refractivity contribution >= 4 is 17.0 Å². The molecular formula is C22H21FN6O. The van der Waals surface area contributed by atoms with Crippen LogP contribution in [0.2, 0.25) is 0 Å². The van der Waals surface area contributed by atoms with Gasteiger partial charge >= 0.3 is 0 Å². The van der Waals surface area contributed by atoms with Crippen molar-refractivity contribution in [2.75, 3.05) is 12.4 Å². The Balaban J connectivity index is 1.40. The van der Waals surface area contributed by atoms with Crippen molar-refractivity contribution in [3.05, 3.63) is 60.0 Å². The smallest absolute Gasteiger partial charge is 0.223 e. The van der Waals surface area contributed by atoms with Gasteiger partial charge in [-0.2, -0.15) is 0 Å². The molecule has 1 saturated carbocycles. The SMILES string of the molecule is COc1ccc(Cn2nnc3cc(-c4ccnc(NC5CCC5)n4)ccc32)cc1F. The van der Waals surface area contributed by atoms with Gasteiger partial charge in [0.1, 0.15) is 5.52 Å². The number of hydrogen-bond acceptors (Lipinski definition) is 6. The minimum atomic E-state index is -0.392. The van der Waals surface area contributed by atoms with Gasteiger partial charge in [0, 0.05) is 17.8 Å². The monoisotopic (exact) mass is 404 g/mol. The average molecular weight is 404 g/mol. The van der Waals surface area contributed by atoms with Gasteiger partial charge < -0.3 is 10.1 Å². The van der Waals surface area contributed by atoms with E-state index in [-0.39, 0.29) is 5.75 Å². The van der Waals surface area contributed by atoms with E-state index >= 15 is 0 Å². The molecule has 7 nitrogen and oxygen atoms in total. The third kappa shape index (κ3) is 3.56. The van der Waals surface area contributed by atoms with Gasteiger partial charge in [-0.05, 0) is 55.2 Å². The lowest BCUT2D eigenvalue weighted by molar-refractivity contribution is 0.386. The van der Waals surface area contributed by atoms with Crippen LogP contribution in [0.15, 0.2) is 48.7 Å². The molecule has 4 aromatic rings. The molecule has 1 aliphatic carbocycles. The maximum Gasteiger partial charge on any atom is 0.223 e. The molecule has 0 aliphatic heterocycles. The number of ether oxygens (including phenoxy) is 1. The first kappa shape index (κ1) is 18.5. The number of benzene rings is 2. The van der Waals surface area contributed by atoms with Crippen molar-refractivity contribution in [3.63, 3.8) is 0 Å². The number of fused-ring (bicyclic) bond motifs is 1. The molecule has 2 heterocycles. The van der Waals surface area contributed by atoms with Gasteiger partial charge in [-0.15, -0.1) is 5.10 Å². The Bertz CT molecular complexity index is 1200. The molecule has 2 aromatic heterocycles. The molecule has 0 atom stereocenters. The Hall–Kier alpha value is -3.55. The number of methoxy groups -OCH3 is 1. The van der Waals surface area contributed by atoms with Crippen LogP contribution in [0.3, 0.4) is 0 Å². The highest BCUT2D eigenvalue weighted by atomic mass is 19.1. The van der Waals surface area contributed by atoms with Crippen LogP contribution < -0.4 is 10.1 Å². The first-order valence-corrected chi connectivity index (χ1v) is 9.95. The summed E-state index contributed by atoms with van der Waals surface area (Å²) in [5, 5.41) is 11.9. The van der Waals surface area contributed by atoms with Gasteiger partial charge in [-0.25, -0.2) is 19.0 Å². The Morgan fingerprint density at radius 3 is 2.83 bits per heavy atom. The van der Waals surface area contributed by atoms with E-state index in [1.165, 1.54) is 32.4 Å². The van der Waals surface area contributed by atoms with Crippen molar-refractivity contribution in [2.45, 2.75) is 31.8 Å². The summed E-state index contributed by atoms with van der Waals surface area (Å²) in [5.41, 5.74) is 4.20. The summed E-state index contributed by atoms with van der Waals surface area (Å²) in [6, 6.07) is 13.2. The minimum Gasteiger partial charge on any atom is -0.494 e. The molecule has 152 valence electrons. The molecule has 1 aliphatic rings. The fourth-order valence-electron chi connectivity index (χ4n) is 3.55. The first-order chi connectivity index (χ1) is 14.7. The molecule has 0 unspecified atom stereocenters. The van der Waals surface area contributed by atoms with E-state index in [1.54, 1.807) is 16.9 Å². The Kier molecular flexibility index (Phi) is 4.74. The van der Waals surface area contributed by atoms with Gasteiger partial charge in [-0.3, -0.25) is 0 Å². The van der Waals surface area contributed by atoms with Crippen LogP contribution >= 0.6 is 0 Å². The van der Waals surface area contributed by atoms with Crippen molar-refractivity contribution in [1.29, 1.82) is 0 Å². The predicted molar refractivity (Wildman–Crippen MR) is 112 cm³/mol. The number of halogens is 1. The fraction of sp³-hybridized carbons (Fsp3) is 0.273.